The van der Waals surface area contributed by atoms with Gasteiger partial charge in [-0.2, -0.15) is 8.78 Å². The van der Waals surface area contributed by atoms with Crippen molar-refractivity contribution in [2.75, 3.05) is 6.61 Å². The minimum absolute atomic E-state index is 0.126. The number of benzene rings is 1. The molecule has 0 aliphatic heterocycles. The van der Waals surface area contributed by atoms with Crippen molar-refractivity contribution < 1.29 is 22.9 Å². The molecule has 0 aliphatic rings. The van der Waals surface area contributed by atoms with Gasteiger partial charge < -0.3 is 9.29 Å². The summed E-state index contributed by atoms with van der Waals surface area (Å²) in [5.41, 5.74) is 0.258. The minimum atomic E-state index is -3.74. The number of carbonyl (C=O) groups is 1. The van der Waals surface area contributed by atoms with Gasteiger partial charge in [0.1, 0.15) is 16.1 Å². The number of rotatable bonds is 5. The van der Waals surface area contributed by atoms with Gasteiger partial charge in [-0.3, -0.25) is 0 Å². The number of hydrogen-bond acceptors (Lipinski definition) is 4. The van der Waals surface area contributed by atoms with Crippen LogP contribution >= 0.6 is 0 Å². The van der Waals surface area contributed by atoms with Crippen molar-refractivity contribution >= 4 is 23.0 Å². The zero-order chi connectivity index (χ0) is 17.8. The summed E-state index contributed by atoms with van der Waals surface area (Å²) in [5, 5.41) is 0. The first-order valence-electron chi connectivity index (χ1n) is 7.13. The Bertz CT molecular complexity index is 597. The van der Waals surface area contributed by atoms with E-state index in [2.05, 4.69) is 9.13 Å². The maximum absolute atomic E-state index is 14.1. The van der Waals surface area contributed by atoms with E-state index in [0.717, 1.165) is 12.1 Å². The summed E-state index contributed by atoms with van der Waals surface area (Å²) in [6.07, 6.45) is 0. The van der Waals surface area contributed by atoms with E-state index >= 15 is 0 Å². The lowest BCUT2D eigenvalue weighted by Gasteiger charge is -2.19. The SMILES string of the molecule is CCOC(=O)C(F)(F)c1cccc(/C(C)=N/[S@+]([O-])C(C)(C)C)c1. The molecule has 0 heterocycles. The molecule has 0 radical (unpaired) electrons. The molecule has 0 fully saturated rings. The van der Waals surface area contributed by atoms with Gasteiger partial charge in [-0.15, -0.1) is 0 Å². The van der Waals surface area contributed by atoms with E-state index in [1.807, 2.05) is 0 Å². The summed E-state index contributed by atoms with van der Waals surface area (Å²) in [7, 11) is 0. The fraction of sp³-hybridized carbons (Fsp3) is 0.500. The van der Waals surface area contributed by atoms with Crippen LogP contribution in [0.3, 0.4) is 0 Å². The highest BCUT2D eigenvalue weighted by Crippen LogP contribution is 2.30. The second kappa shape index (κ2) is 7.40. The molecule has 0 aliphatic carbocycles. The van der Waals surface area contributed by atoms with E-state index in [1.165, 1.54) is 13.0 Å². The van der Waals surface area contributed by atoms with Crippen LogP contribution in [-0.4, -0.2) is 27.6 Å². The third-order valence-electron chi connectivity index (χ3n) is 2.92. The van der Waals surface area contributed by atoms with Crippen LogP contribution in [-0.2, 0) is 26.8 Å². The summed E-state index contributed by atoms with van der Waals surface area (Å²) in [6, 6.07) is 5.28. The van der Waals surface area contributed by atoms with Crippen LogP contribution in [0.2, 0.25) is 0 Å². The third-order valence-corrected chi connectivity index (χ3v) is 4.41. The molecule has 1 rings (SSSR count). The van der Waals surface area contributed by atoms with Crippen molar-refractivity contribution in [3.63, 3.8) is 0 Å². The van der Waals surface area contributed by atoms with Crippen LogP contribution in [0, 0.1) is 0 Å². The molecule has 23 heavy (non-hydrogen) atoms. The Kier molecular flexibility index (Phi) is 6.30. The normalized spacial score (nSPS) is 14.5. The van der Waals surface area contributed by atoms with Gasteiger partial charge in [-0.25, -0.2) is 4.79 Å². The van der Waals surface area contributed by atoms with Gasteiger partial charge in [0.15, 0.2) is 0 Å². The summed E-state index contributed by atoms with van der Waals surface area (Å²) >= 11 is -1.50. The molecule has 7 heteroatoms. The lowest BCUT2D eigenvalue weighted by molar-refractivity contribution is -0.173. The predicted octanol–water partition coefficient (Wildman–Crippen LogP) is 3.61. The van der Waals surface area contributed by atoms with Gasteiger partial charge in [0.05, 0.1) is 12.3 Å². The molecule has 0 aromatic heterocycles. The van der Waals surface area contributed by atoms with Crippen molar-refractivity contribution in [2.45, 2.75) is 45.3 Å². The lowest BCUT2D eigenvalue weighted by Crippen LogP contribution is -2.28. The van der Waals surface area contributed by atoms with E-state index in [4.69, 9.17) is 0 Å². The zero-order valence-corrected chi connectivity index (χ0v) is 14.7. The Morgan fingerprint density at radius 3 is 2.48 bits per heavy atom. The van der Waals surface area contributed by atoms with Gasteiger partial charge in [-0.1, -0.05) is 22.6 Å². The van der Waals surface area contributed by atoms with E-state index in [-0.39, 0.29) is 6.61 Å². The second-order valence-corrected chi connectivity index (χ2v) is 7.82. The molecule has 0 bridgehead atoms. The molecule has 128 valence electrons. The number of alkyl halides is 2. The van der Waals surface area contributed by atoms with E-state index < -0.39 is 33.6 Å². The molecular formula is C16H21F2NO3S. The monoisotopic (exact) mass is 345 g/mol. The Balaban J connectivity index is 3.14. The molecule has 0 spiro atoms. The Morgan fingerprint density at radius 2 is 1.96 bits per heavy atom. The maximum Gasteiger partial charge on any atom is 0.381 e. The number of hydrogen-bond donors (Lipinski definition) is 0. The molecule has 1 atom stereocenters. The van der Waals surface area contributed by atoms with Crippen molar-refractivity contribution in [2.24, 2.45) is 4.40 Å². The first kappa shape index (κ1) is 19.6. The fourth-order valence-corrected chi connectivity index (χ4v) is 2.22. The van der Waals surface area contributed by atoms with Crippen LogP contribution < -0.4 is 0 Å². The molecule has 0 saturated carbocycles. The highest BCUT2D eigenvalue weighted by molar-refractivity contribution is 7.91. The van der Waals surface area contributed by atoms with Gasteiger partial charge in [-0.05, 0) is 40.7 Å². The van der Waals surface area contributed by atoms with Gasteiger partial charge in [0, 0.05) is 11.1 Å². The minimum Gasteiger partial charge on any atom is -0.591 e. The molecule has 0 saturated heterocycles. The summed E-state index contributed by atoms with van der Waals surface area (Å²) in [5.74, 6) is -5.33. The summed E-state index contributed by atoms with van der Waals surface area (Å²) < 4.78 is 48.0. The Hall–Kier alpha value is -1.47. The molecule has 0 N–H and O–H groups in total. The topological polar surface area (TPSA) is 61.7 Å². The number of halogens is 2. The Labute approximate surface area is 138 Å². The van der Waals surface area contributed by atoms with Crippen LogP contribution in [0.5, 0.6) is 0 Å². The van der Waals surface area contributed by atoms with Crippen LogP contribution in [0.1, 0.15) is 45.7 Å². The number of nitrogens with zero attached hydrogens (tertiary/aromatic N) is 1. The maximum atomic E-state index is 14.1. The Morgan fingerprint density at radius 1 is 1.35 bits per heavy atom. The molecular weight excluding hydrogens is 324 g/mol. The quantitative estimate of drug-likeness (QED) is 0.465. The van der Waals surface area contributed by atoms with Crippen LogP contribution in [0.15, 0.2) is 28.7 Å². The smallest absolute Gasteiger partial charge is 0.381 e. The van der Waals surface area contributed by atoms with E-state index in [1.54, 1.807) is 33.8 Å². The molecule has 4 nitrogen and oxygen atoms in total. The molecule has 1 aromatic rings. The van der Waals surface area contributed by atoms with Crippen molar-refractivity contribution in [3.05, 3.63) is 35.4 Å². The van der Waals surface area contributed by atoms with E-state index in [9.17, 15) is 18.1 Å². The predicted molar refractivity (Wildman–Crippen MR) is 87.1 cm³/mol. The lowest BCUT2D eigenvalue weighted by atomic mass is 10.0. The number of carbonyl (C=O) groups excluding carboxylic acids is 1. The average Bonchev–Trinajstić information content (AvgIpc) is 2.46. The zero-order valence-electron chi connectivity index (χ0n) is 13.9. The third kappa shape index (κ3) is 5.00. The van der Waals surface area contributed by atoms with Crippen molar-refractivity contribution in [3.8, 4) is 0 Å². The average molecular weight is 345 g/mol. The first-order valence-corrected chi connectivity index (χ1v) is 8.24. The second-order valence-electron chi connectivity index (χ2n) is 5.91. The van der Waals surface area contributed by atoms with Crippen molar-refractivity contribution in [1.29, 1.82) is 0 Å². The summed E-state index contributed by atoms with van der Waals surface area (Å²) in [6.45, 7) is 8.23. The molecule has 1 aromatic carbocycles. The standard InChI is InChI=1S/C16H21F2NO3S/c1-6-22-14(20)16(17,18)13-9-7-8-12(10-13)11(2)19-23(21)15(3,4)5/h7-10H,6H2,1-5H3/b19-11+/t23-/m1/s1. The van der Waals surface area contributed by atoms with Gasteiger partial charge in [0.25, 0.3) is 0 Å². The van der Waals surface area contributed by atoms with Crippen LogP contribution in [0.25, 0.3) is 0 Å². The van der Waals surface area contributed by atoms with Gasteiger partial charge in [0.2, 0.25) is 0 Å². The van der Waals surface area contributed by atoms with E-state index in [0.29, 0.717) is 11.3 Å². The molecule has 0 unspecified atom stereocenters. The highest BCUT2D eigenvalue weighted by atomic mass is 32.2. The highest BCUT2D eigenvalue weighted by Gasteiger charge is 2.42. The summed E-state index contributed by atoms with van der Waals surface area (Å²) in [4.78, 5) is 11.4. The fourth-order valence-electron chi connectivity index (χ4n) is 1.59. The van der Waals surface area contributed by atoms with Crippen LogP contribution in [0.4, 0.5) is 8.78 Å². The van der Waals surface area contributed by atoms with Gasteiger partial charge >= 0.3 is 11.9 Å². The number of esters is 1. The number of ether oxygens (including phenoxy) is 1. The molecule has 0 amide bonds. The first-order chi connectivity index (χ1) is 10.5. The largest absolute Gasteiger partial charge is 0.591 e. The van der Waals surface area contributed by atoms with Crippen molar-refractivity contribution in [1.82, 2.24) is 0 Å².